The molecule has 0 saturated heterocycles. The maximum atomic E-state index is 11.9. The number of amides is 2. The van der Waals surface area contributed by atoms with Crippen LogP contribution >= 0.6 is 11.6 Å². The molecule has 0 aromatic heterocycles. The Labute approximate surface area is 123 Å². The zero-order chi connectivity index (χ0) is 15.3. The van der Waals surface area contributed by atoms with Crippen LogP contribution in [0.4, 0.5) is 4.79 Å². The van der Waals surface area contributed by atoms with E-state index in [1.807, 2.05) is 12.1 Å². The van der Waals surface area contributed by atoms with Crippen LogP contribution in [0.5, 0.6) is 0 Å². The van der Waals surface area contributed by atoms with E-state index in [4.69, 9.17) is 16.7 Å². The van der Waals surface area contributed by atoms with E-state index in [1.54, 1.807) is 33.0 Å². The molecule has 1 aromatic rings. The number of benzene rings is 1. The Morgan fingerprint density at radius 2 is 2.05 bits per heavy atom. The van der Waals surface area contributed by atoms with Gasteiger partial charge < -0.3 is 15.3 Å². The van der Waals surface area contributed by atoms with Crippen LogP contribution in [0.2, 0.25) is 5.02 Å². The van der Waals surface area contributed by atoms with Crippen molar-refractivity contribution in [1.82, 2.24) is 10.2 Å². The third-order valence-corrected chi connectivity index (χ3v) is 3.15. The van der Waals surface area contributed by atoms with Crippen molar-refractivity contribution in [3.8, 4) is 0 Å². The lowest BCUT2D eigenvalue weighted by atomic mass is 9.94. The van der Waals surface area contributed by atoms with Gasteiger partial charge in [-0.1, -0.05) is 23.7 Å². The molecule has 0 atom stereocenters. The van der Waals surface area contributed by atoms with Crippen molar-refractivity contribution in [3.63, 3.8) is 0 Å². The van der Waals surface area contributed by atoms with Crippen LogP contribution in [0.3, 0.4) is 0 Å². The molecule has 0 aliphatic rings. The molecule has 0 unspecified atom stereocenters. The maximum absolute atomic E-state index is 11.9. The van der Waals surface area contributed by atoms with Crippen molar-refractivity contribution in [2.75, 3.05) is 13.6 Å². The van der Waals surface area contributed by atoms with Gasteiger partial charge in [0.25, 0.3) is 0 Å². The third kappa shape index (κ3) is 4.74. The minimum Gasteiger partial charge on any atom is -0.481 e. The zero-order valence-corrected chi connectivity index (χ0v) is 12.6. The van der Waals surface area contributed by atoms with E-state index in [-0.39, 0.29) is 12.6 Å². The molecule has 2 N–H and O–H groups in total. The minimum atomic E-state index is -0.993. The van der Waals surface area contributed by atoms with Crippen LogP contribution in [0.15, 0.2) is 24.3 Å². The highest BCUT2D eigenvalue weighted by Gasteiger charge is 2.28. The number of rotatable bonds is 5. The molecule has 0 saturated carbocycles. The topological polar surface area (TPSA) is 69.6 Å². The molecule has 0 bridgehead atoms. The van der Waals surface area contributed by atoms with Gasteiger partial charge in [-0.15, -0.1) is 0 Å². The summed E-state index contributed by atoms with van der Waals surface area (Å²) in [7, 11) is 1.64. The van der Waals surface area contributed by atoms with Crippen LogP contribution in [0.25, 0.3) is 0 Å². The lowest BCUT2D eigenvalue weighted by Crippen LogP contribution is -2.43. The van der Waals surface area contributed by atoms with Gasteiger partial charge in [0.2, 0.25) is 0 Å². The summed E-state index contributed by atoms with van der Waals surface area (Å²) in [6, 6.07) is 6.92. The average Bonchev–Trinajstić information content (AvgIpc) is 2.35. The summed E-state index contributed by atoms with van der Waals surface area (Å²) in [5, 5.41) is 12.2. The van der Waals surface area contributed by atoms with Gasteiger partial charge in [0.15, 0.2) is 0 Å². The van der Waals surface area contributed by atoms with Gasteiger partial charge in [0, 0.05) is 25.2 Å². The molecule has 0 aliphatic heterocycles. The second-order valence-corrected chi connectivity index (χ2v) is 5.77. The number of carbonyl (C=O) groups excluding carboxylic acids is 1. The highest BCUT2D eigenvalue weighted by atomic mass is 35.5. The first kappa shape index (κ1) is 16.3. The lowest BCUT2D eigenvalue weighted by Gasteiger charge is -2.23. The number of carboxylic acids is 1. The van der Waals surface area contributed by atoms with Crippen LogP contribution in [-0.4, -0.2) is 35.6 Å². The fraction of sp³-hybridized carbons (Fsp3) is 0.429. The van der Waals surface area contributed by atoms with Crippen LogP contribution in [0, 0.1) is 5.41 Å². The van der Waals surface area contributed by atoms with Crippen LogP contribution in [0.1, 0.15) is 19.4 Å². The Bertz CT molecular complexity index is 503. The first-order valence-corrected chi connectivity index (χ1v) is 6.57. The molecule has 0 radical (unpaired) electrons. The smallest absolute Gasteiger partial charge is 0.317 e. The van der Waals surface area contributed by atoms with Gasteiger partial charge in [-0.05, 0) is 31.5 Å². The number of hydrogen-bond acceptors (Lipinski definition) is 2. The second kappa shape index (κ2) is 6.61. The Morgan fingerprint density at radius 3 is 2.60 bits per heavy atom. The normalized spacial score (nSPS) is 11.0. The van der Waals surface area contributed by atoms with E-state index in [2.05, 4.69) is 5.32 Å². The van der Waals surface area contributed by atoms with E-state index >= 15 is 0 Å². The molecule has 1 rings (SSSR count). The summed E-state index contributed by atoms with van der Waals surface area (Å²) in [4.78, 5) is 24.3. The monoisotopic (exact) mass is 298 g/mol. The third-order valence-electron chi connectivity index (χ3n) is 2.92. The zero-order valence-electron chi connectivity index (χ0n) is 11.8. The largest absolute Gasteiger partial charge is 0.481 e. The summed E-state index contributed by atoms with van der Waals surface area (Å²) in [6.45, 7) is 3.60. The van der Waals surface area contributed by atoms with E-state index < -0.39 is 11.4 Å². The van der Waals surface area contributed by atoms with Gasteiger partial charge in [0.1, 0.15) is 0 Å². The summed E-state index contributed by atoms with van der Waals surface area (Å²) in [5.41, 5.74) is -0.0836. The molecular weight excluding hydrogens is 280 g/mol. The predicted molar refractivity (Wildman–Crippen MR) is 77.7 cm³/mol. The Balaban J connectivity index is 2.54. The number of carboxylic acid groups (broad SMARTS) is 1. The number of nitrogens with zero attached hydrogens (tertiary/aromatic N) is 1. The molecule has 110 valence electrons. The highest BCUT2D eigenvalue weighted by Crippen LogP contribution is 2.14. The van der Waals surface area contributed by atoms with Gasteiger partial charge in [-0.25, -0.2) is 4.79 Å². The van der Waals surface area contributed by atoms with Gasteiger partial charge >= 0.3 is 12.0 Å². The van der Waals surface area contributed by atoms with Crippen molar-refractivity contribution in [2.45, 2.75) is 20.4 Å². The predicted octanol–water partition coefficient (Wildman–Crippen LogP) is 2.59. The van der Waals surface area contributed by atoms with Gasteiger partial charge in [0.05, 0.1) is 5.41 Å². The number of urea groups is 1. The number of hydrogen-bond donors (Lipinski definition) is 2. The molecule has 20 heavy (non-hydrogen) atoms. The van der Waals surface area contributed by atoms with Crippen LogP contribution < -0.4 is 5.32 Å². The second-order valence-electron chi connectivity index (χ2n) is 5.33. The fourth-order valence-corrected chi connectivity index (χ4v) is 1.70. The summed E-state index contributed by atoms with van der Waals surface area (Å²) in [5.74, 6) is -0.949. The van der Waals surface area contributed by atoms with Crippen LogP contribution in [-0.2, 0) is 11.3 Å². The van der Waals surface area contributed by atoms with E-state index in [1.165, 1.54) is 4.90 Å². The Morgan fingerprint density at radius 1 is 1.40 bits per heavy atom. The first-order chi connectivity index (χ1) is 9.22. The summed E-state index contributed by atoms with van der Waals surface area (Å²) >= 11 is 5.88. The quantitative estimate of drug-likeness (QED) is 0.878. The van der Waals surface area contributed by atoms with E-state index in [0.29, 0.717) is 11.6 Å². The number of aliphatic carboxylic acids is 1. The van der Waals surface area contributed by atoms with Crippen molar-refractivity contribution in [2.24, 2.45) is 5.41 Å². The molecule has 0 aliphatic carbocycles. The first-order valence-electron chi connectivity index (χ1n) is 6.19. The molecule has 2 amide bonds. The standard InChI is InChI=1S/C14H19ClN2O3/c1-14(2,12(18)19)9-16-13(20)17(3)8-10-5-4-6-11(15)7-10/h4-7H,8-9H2,1-3H3,(H,16,20)(H,18,19). The molecule has 5 nitrogen and oxygen atoms in total. The highest BCUT2D eigenvalue weighted by molar-refractivity contribution is 6.30. The Kier molecular flexibility index (Phi) is 5.39. The van der Waals surface area contributed by atoms with Gasteiger partial charge in [-0.3, -0.25) is 4.79 Å². The number of nitrogens with one attached hydrogen (secondary N) is 1. The number of halogens is 1. The Hall–Kier alpha value is -1.75. The van der Waals surface area contributed by atoms with Crippen molar-refractivity contribution in [1.29, 1.82) is 0 Å². The average molecular weight is 299 g/mol. The number of carbonyl (C=O) groups is 2. The minimum absolute atomic E-state index is 0.0705. The van der Waals surface area contributed by atoms with Crippen molar-refractivity contribution >= 4 is 23.6 Å². The summed E-state index contributed by atoms with van der Waals surface area (Å²) < 4.78 is 0. The maximum Gasteiger partial charge on any atom is 0.317 e. The van der Waals surface area contributed by atoms with Crippen molar-refractivity contribution in [3.05, 3.63) is 34.9 Å². The molecule has 1 aromatic carbocycles. The fourth-order valence-electron chi connectivity index (χ4n) is 1.49. The SMILES string of the molecule is CN(Cc1cccc(Cl)c1)C(=O)NCC(C)(C)C(=O)O. The molecule has 6 heteroatoms. The lowest BCUT2D eigenvalue weighted by molar-refractivity contribution is -0.146. The summed E-state index contributed by atoms with van der Waals surface area (Å²) in [6.07, 6.45) is 0. The molecule has 0 spiro atoms. The van der Waals surface area contributed by atoms with E-state index in [0.717, 1.165) is 5.56 Å². The van der Waals surface area contributed by atoms with E-state index in [9.17, 15) is 9.59 Å². The van der Waals surface area contributed by atoms with Crippen molar-refractivity contribution < 1.29 is 14.7 Å². The van der Waals surface area contributed by atoms with Gasteiger partial charge in [-0.2, -0.15) is 0 Å². The molecule has 0 fully saturated rings. The molecular formula is C14H19ClN2O3. The molecule has 0 heterocycles.